The fourth-order valence-corrected chi connectivity index (χ4v) is 4.40. The van der Waals surface area contributed by atoms with E-state index in [9.17, 15) is 0 Å². The molecule has 5 heteroatoms. The Kier molecular flexibility index (Phi) is 4.16. The van der Waals surface area contributed by atoms with Crippen LogP contribution in [0.25, 0.3) is 5.57 Å². The molecule has 116 valence electrons. The lowest BCUT2D eigenvalue weighted by atomic mass is 10.0. The molecule has 1 aliphatic carbocycles. The van der Waals surface area contributed by atoms with E-state index in [0.717, 1.165) is 41.6 Å². The van der Waals surface area contributed by atoms with Gasteiger partial charge in [0.25, 0.3) is 0 Å². The molecule has 23 heavy (non-hydrogen) atoms. The fraction of sp³-hybridized carbons (Fsp3) is 0.222. The molecule has 0 amide bonds. The van der Waals surface area contributed by atoms with Crippen molar-refractivity contribution in [2.24, 2.45) is 4.99 Å². The number of hydrogen-bond donors (Lipinski definition) is 1. The van der Waals surface area contributed by atoms with Crippen molar-refractivity contribution in [3.8, 4) is 0 Å². The van der Waals surface area contributed by atoms with Gasteiger partial charge in [0.2, 0.25) is 0 Å². The molecule has 0 unspecified atom stereocenters. The van der Waals surface area contributed by atoms with Gasteiger partial charge in [-0.15, -0.1) is 11.3 Å². The van der Waals surface area contributed by atoms with Crippen molar-refractivity contribution in [1.29, 1.82) is 0 Å². The van der Waals surface area contributed by atoms with Gasteiger partial charge in [-0.2, -0.15) is 0 Å². The molecule has 1 aliphatic heterocycles. The summed E-state index contributed by atoms with van der Waals surface area (Å²) in [6.07, 6.45) is 5.24. The highest BCUT2D eigenvalue weighted by Gasteiger charge is 2.22. The SMILES string of the molecule is CCNCc1nc(C2=CC=C3Sc4ccccc4N=C3C2)cs1. The molecule has 1 aromatic heterocycles. The summed E-state index contributed by atoms with van der Waals surface area (Å²) < 4.78 is 0. The van der Waals surface area contributed by atoms with Gasteiger partial charge in [0.1, 0.15) is 5.01 Å². The predicted octanol–water partition coefficient (Wildman–Crippen LogP) is 4.80. The molecule has 1 N–H and O–H groups in total. The maximum Gasteiger partial charge on any atom is 0.107 e. The second kappa shape index (κ2) is 6.43. The summed E-state index contributed by atoms with van der Waals surface area (Å²) in [6.45, 7) is 3.93. The van der Waals surface area contributed by atoms with Gasteiger partial charge >= 0.3 is 0 Å². The number of para-hydroxylation sites is 1. The van der Waals surface area contributed by atoms with Gasteiger partial charge in [-0.05, 0) is 30.3 Å². The van der Waals surface area contributed by atoms with Gasteiger partial charge in [-0.3, -0.25) is 4.99 Å². The minimum atomic E-state index is 0.847. The van der Waals surface area contributed by atoms with Crippen LogP contribution in [0.5, 0.6) is 0 Å². The highest BCUT2D eigenvalue weighted by Crippen LogP contribution is 2.43. The van der Waals surface area contributed by atoms with Crippen LogP contribution in [-0.4, -0.2) is 17.2 Å². The number of thioether (sulfide) groups is 1. The van der Waals surface area contributed by atoms with Gasteiger partial charge in [0, 0.05) is 28.1 Å². The van der Waals surface area contributed by atoms with E-state index in [1.54, 1.807) is 11.3 Å². The summed E-state index contributed by atoms with van der Waals surface area (Å²) in [5.41, 5.74) is 4.58. The zero-order valence-corrected chi connectivity index (χ0v) is 14.5. The molecule has 0 radical (unpaired) electrons. The molecule has 2 aromatic rings. The number of fused-ring (bicyclic) bond motifs is 2. The summed E-state index contributed by atoms with van der Waals surface area (Å²) in [6, 6.07) is 8.33. The lowest BCUT2D eigenvalue weighted by Crippen LogP contribution is -2.11. The van der Waals surface area contributed by atoms with Crippen molar-refractivity contribution < 1.29 is 0 Å². The van der Waals surface area contributed by atoms with Gasteiger partial charge in [0.05, 0.1) is 17.1 Å². The Hall–Kier alpha value is -1.69. The topological polar surface area (TPSA) is 37.3 Å². The molecule has 0 saturated heterocycles. The molecule has 4 rings (SSSR count). The molecule has 0 bridgehead atoms. The third kappa shape index (κ3) is 3.04. The van der Waals surface area contributed by atoms with Crippen LogP contribution < -0.4 is 5.32 Å². The van der Waals surface area contributed by atoms with E-state index >= 15 is 0 Å². The molecule has 2 heterocycles. The zero-order chi connectivity index (χ0) is 15.6. The van der Waals surface area contributed by atoms with Crippen LogP contribution in [0.15, 0.2) is 56.6 Å². The van der Waals surface area contributed by atoms with Gasteiger partial charge in [-0.1, -0.05) is 36.9 Å². The molecule has 0 fully saturated rings. The van der Waals surface area contributed by atoms with Crippen LogP contribution in [0.1, 0.15) is 24.0 Å². The maximum atomic E-state index is 4.85. The molecule has 2 aliphatic rings. The second-order valence-electron chi connectivity index (χ2n) is 5.43. The third-order valence-electron chi connectivity index (χ3n) is 3.83. The lowest BCUT2D eigenvalue weighted by molar-refractivity contribution is 0.722. The Balaban J connectivity index is 1.59. The Morgan fingerprint density at radius 1 is 1.22 bits per heavy atom. The summed E-state index contributed by atoms with van der Waals surface area (Å²) in [5.74, 6) is 0. The summed E-state index contributed by atoms with van der Waals surface area (Å²) in [4.78, 5) is 12.1. The first-order valence-electron chi connectivity index (χ1n) is 7.74. The van der Waals surface area contributed by atoms with Crippen LogP contribution in [0.3, 0.4) is 0 Å². The van der Waals surface area contributed by atoms with E-state index in [-0.39, 0.29) is 0 Å². The number of benzene rings is 1. The average Bonchev–Trinajstić information content (AvgIpc) is 3.06. The average molecular weight is 339 g/mol. The van der Waals surface area contributed by atoms with Crippen molar-refractivity contribution in [2.45, 2.75) is 24.8 Å². The second-order valence-corrected chi connectivity index (χ2v) is 7.46. The number of rotatable bonds is 4. The number of aromatic nitrogens is 1. The van der Waals surface area contributed by atoms with Crippen molar-refractivity contribution in [3.05, 3.63) is 57.4 Å². The Morgan fingerprint density at radius 2 is 2.13 bits per heavy atom. The van der Waals surface area contributed by atoms with Crippen molar-refractivity contribution >= 4 is 40.1 Å². The lowest BCUT2D eigenvalue weighted by Gasteiger charge is -2.21. The first kappa shape index (κ1) is 14.9. The molecule has 1 aromatic carbocycles. The summed E-state index contributed by atoms with van der Waals surface area (Å²) >= 11 is 3.53. The van der Waals surface area contributed by atoms with E-state index < -0.39 is 0 Å². The number of nitrogens with zero attached hydrogens (tertiary/aromatic N) is 2. The minimum Gasteiger partial charge on any atom is -0.311 e. The number of allylic oxidation sites excluding steroid dienone is 4. The monoisotopic (exact) mass is 339 g/mol. The first-order chi connectivity index (χ1) is 11.3. The van der Waals surface area contributed by atoms with Crippen molar-refractivity contribution in [3.63, 3.8) is 0 Å². The van der Waals surface area contributed by atoms with Gasteiger partial charge in [0.15, 0.2) is 0 Å². The highest BCUT2D eigenvalue weighted by molar-refractivity contribution is 8.04. The van der Waals surface area contributed by atoms with Crippen LogP contribution in [0, 0.1) is 0 Å². The number of thiazole rings is 1. The highest BCUT2D eigenvalue weighted by atomic mass is 32.2. The van der Waals surface area contributed by atoms with Crippen LogP contribution in [0.2, 0.25) is 0 Å². The number of nitrogens with one attached hydrogen (secondary N) is 1. The normalized spacial score (nSPS) is 16.1. The molecular formula is C18H17N3S2. The Bertz CT molecular complexity index is 830. The standard InChI is InChI=1S/C18H17N3S2/c1-2-19-10-18-21-15(11-22-18)12-7-8-17-14(9-12)20-13-5-3-4-6-16(13)23-17/h3-8,11,19H,2,9-10H2,1H3. The summed E-state index contributed by atoms with van der Waals surface area (Å²) in [5, 5.41) is 6.62. The largest absolute Gasteiger partial charge is 0.311 e. The number of aliphatic imine (C=N–C) groups is 1. The van der Waals surface area contributed by atoms with Crippen molar-refractivity contribution in [2.75, 3.05) is 6.54 Å². The zero-order valence-electron chi connectivity index (χ0n) is 12.9. The number of hydrogen-bond acceptors (Lipinski definition) is 5. The van der Waals surface area contributed by atoms with E-state index in [1.165, 1.54) is 15.4 Å². The van der Waals surface area contributed by atoms with E-state index in [0.29, 0.717) is 0 Å². The Labute approximate surface area is 144 Å². The maximum absolute atomic E-state index is 4.85. The molecule has 0 atom stereocenters. The van der Waals surface area contributed by atoms with Crippen molar-refractivity contribution in [1.82, 2.24) is 10.3 Å². The van der Waals surface area contributed by atoms with E-state index in [2.05, 4.69) is 48.0 Å². The van der Waals surface area contributed by atoms with Gasteiger partial charge in [-0.25, -0.2) is 4.98 Å². The third-order valence-corrected chi connectivity index (χ3v) is 5.83. The molecule has 3 nitrogen and oxygen atoms in total. The van der Waals surface area contributed by atoms with E-state index in [1.807, 2.05) is 17.8 Å². The smallest absolute Gasteiger partial charge is 0.107 e. The van der Waals surface area contributed by atoms with Crippen LogP contribution >= 0.6 is 23.1 Å². The fourth-order valence-electron chi connectivity index (χ4n) is 2.63. The predicted molar refractivity (Wildman–Crippen MR) is 99.6 cm³/mol. The first-order valence-corrected chi connectivity index (χ1v) is 9.44. The molecular weight excluding hydrogens is 322 g/mol. The quantitative estimate of drug-likeness (QED) is 0.869. The molecule has 0 spiro atoms. The Morgan fingerprint density at radius 3 is 3.04 bits per heavy atom. The molecule has 0 saturated carbocycles. The van der Waals surface area contributed by atoms with E-state index in [4.69, 9.17) is 9.98 Å². The van der Waals surface area contributed by atoms with Gasteiger partial charge < -0.3 is 5.32 Å². The van der Waals surface area contributed by atoms with Crippen LogP contribution in [0.4, 0.5) is 5.69 Å². The minimum absolute atomic E-state index is 0.847. The summed E-state index contributed by atoms with van der Waals surface area (Å²) in [7, 11) is 0. The van der Waals surface area contributed by atoms with Crippen LogP contribution in [-0.2, 0) is 6.54 Å².